The van der Waals surface area contributed by atoms with Gasteiger partial charge in [0.2, 0.25) is 0 Å². The first kappa shape index (κ1) is 117. The molecule has 0 saturated carbocycles. The van der Waals surface area contributed by atoms with Crippen molar-refractivity contribution in [2.24, 2.45) is 0 Å². The number of amides is 4. The standard InChI is InChI=1S/2C51H39F3N2O15.4Li/c2*1-24-4-8-27(18-40(24)57)50(2,51(52,53)54)28-9-7-26(41(58)19-28)17-43(60)33-21-35(39(49(69)70)23-37(33)47(65)66)45(62)56-29-10-14-31(15-11-29)71-30-12-5-25(6-13-30)16-42(59)32-20-34(44(61)55-3)38(48(67)68)22-36(32)46(63)64;;;;/h2*4-15,18-23,57-58H,16-17H2,1-3H3,(H,55,61)(H,56,62)(H,63,64)(H,65,66)(H,67,68)(H,69,70);;;;/q;;4*+1/p-2. The van der Waals surface area contributed by atoms with E-state index >= 15 is 0 Å². The van der Waals surface area contributed by atoms with Crippen LogP contribution in [-0.2, 0) is 36.5 Å². The average molecular weight is 1980 g/mol. The van der Waals surface area contributed by atoms with E-state index in [1.54, 1.807) is 0 Å². The number of carboxylic acid groups (broad SMARTS) is 8. The molecule has 0 spiro atoms. The number of carboxylic acids is 8. The van der Waals surface area contributed by atoms with E-state index in [4.69, 9.17) is 9.47 Å². The first-order valence-electron chi connectivity index (χ1n) is 41.5. The van der Waals surface area contributed by atoms with E-state index < -0.39 is 248 Å². The van der Waals surface area contributed by atoms with Gasteiger partial charge in [-0.2, -0.15) is 26.3 Å². The number of anilines is 2. The molecule has 0 aliphatic heterocycles. The average Bonchev–Trinajstić information content (AvgIpc) is 0.746. The van der Waals surface area contributed by atoms with Crippen molar-refractivity contribution < 1.29 is 249 Å². The predicted molar refractivity (Wildman–Crippen MR) is 484 cm³/mol. The van der Waals surface area contributed by atoms with Crippen LogP contribution in [0.2, 0.25) is 0 Å². The molecular formula is C102H76F6Li4N4O30+2. The summed E-state index contributed by atoms with van der Waals surface area (Å²) in [6.45, 7) is 4.66. The van der Waals surface area contributed by atoms with Crippen LogP contribution < -0.4 is 116 Å². The molecule has 0 aliphatic carbocycles. The number of carbonyl (C=O) groups is 16. The first-order valence-corrected chi connectivity index (χ1v) is 41.5. The van der Waals surface area contributed by atoms with Crippen LogP contribution in [-0.4, -0.2) is 172 Å². The molecule has 0 aliphatic rings. The number of aromatic hydroxyl groups is 4. The van der Waals surface area contributed by atoms with Crippen LogP contribution in [0.3, 0.4) is 0 Å². The molecule has 34 nitrogen and oxygen atoms in total. The number of carbonyl (C=O) groups excluding carboxylic acids is 10. The number of aryl methyl sites for hydroxylation is 2. The third-order valence-corrected chi connectivity index (χ3v) is 23.1. The van der Waals surface area contributed by atoms with E-state index in [-0.39, 0.29) is 150 Å². The molecule has 12 rings (SSSR count). The number of benzene rings is 12. The molecule has 0 fully saturated rings. The number of Topliss-reactive ketones (excluding diaryl/α,β-unsaturated/α-hetero) is 4. The van der Waals surface area contributed by atoms with E-state index in [1.165, 1.54) is 149 Å². The summed E-state index contributed by atoms with van der Waals surface area (Å²) in [5.41, 5.74) is -16.4. The summed E-state index contributed by atoms with van der Waals surface area (Å²) < 4.78 is 99.7. The molecule has 0 bridgehead atoms. The summed E-state index contributed by atoms with van der Waals surface area (Å²) >= 11 is 0. The number of alkyl halides is 6. The van der Waals surface area contributed by atoms with Crippen molar-refractivity contribution >= 4 is 106 Å². The minimum atomic E-state index is -4.95. The van der Waals surface area contributed by atoms with Gasteiger partial charge in [0.25, 0.3) is 23.6 Å². The van der Waals surface area contributed by atoms with Crippen molar-refractivity contribution in [3.05, 3.63) is 363 Å². The third kappa shape index (κ3) is 25.8. The van der Waals surface area contributed by atoms with Gasteiger partial charge in [0.15, 0.2) is 23.1 Å². The number of hydrogen-bond donors (Lipinski definition) is 14. The Morgan fingerprint density at radius 3 is 0.740 bits per heavy atom. The molecule has 2 atom stereocenters. The van der Waals surface area contributed by atoms with E-state index in [0.717, 1.165) is 86.6 Å². The van der Waals surface area contributed by atoms with Gasteiger partial charge < -0.3 is 102 Å². The predicted octanol–water partition coefficient (Wildman–Crippen LogP) is 1.99. The zero-order chi connectivity index (χ0) is 105. The minimum absolute atomic E-state index is 0. The Bertz CT molecular complexity index is 6860. The zero-order valence-electron chi connectivity index (χ0n) is 78.5. The first-order chi connectivity index (χ1) is 66.7. The van der Waals surface area contributed by atoms with E-state index in [9.17, 15) is 164 Å². The van der Waals surface area contributed by atoms with E-state index in [0.29, 0.717) is 46.5 Å². The van der Waals surface area contributed by atoms with Crippen LogP contribution in [0.25, 0.3) is 0 Å². The van der Waals surface area contributed by atoms with Gasteiger partial charge in [0, 0.05) is 95.7 Å². The van der Waals surface area contributed by atoms with Crippen molar-refractivity contribution in [2.45, 2.75) is 76.6 Å². The molecule has 14 N–H and O–H groups in total. The Morgan fingerprint density at radius 1 is 0.281 bits per heavy atom. The van der Waals surface area contributed by atoms with Crippen molar-refractivity contribution in [1.29, 1.82) is 0 Å². The summed E-state index contributed by atoms with van der Waals surface area (Å²) in [6, 6.07) is 41.1. The second kappa shape index (κ2) is 47.7. The molecule has 12 aromatic carbocycles. The van der Waals surface area contributed by atoms with Crippen LogP contribution >= 0.6 is 0 Å². The molecular weight excluding hydrogens is 1900 g/mol. The Kier molecular flexibility index (Phi) is 38.2. The van der Waals surface area contributed by atoms with E-state index in [1.807, 2.05) is 0 Å². The molecule has 146 heavy (non-hydrogen) atoms. The number of aromatic carboxylic acids is 8. The Hall–Kier alpha value is -16.3. The maximum absolute atomic E-state index is 14.7. The number of ketones is 4. The van der Waals surface area contributed by atoms with Crippen LogP contribution in [0.4, 0.5) is 37.7 Å². The number of halogens is 6. The van der Waals surface area contributed by atoms with Crippen LogP contribution in [0.1, 0.15) is 235 Å². The molecule has 2 unspecified atom stereocenters. The van der Waals surface area contributed by atoms with Crippen molar-refractivity contribution in [3.63, 3.8) is 0 Å². The summed E-state index contributed by atoms with van der Waals surface area (Å²) in [7, 11) is 2.46. The van der Waals surface area contributed by atoms with Gasteiger partial charge in [0.05, 0.1) is 67.6 Å². The van der Waals surface area contributed by atoms with Gasteiger partial charge in [-0.3, -0.25) is 38.4 Å². The second-order valence-electron chi connectivity index (χ2n) is 32.1. The van der Waals surface area contributed by atoms with Crippen LogP contribution in [0.5, 0.6) is 46.0 Å². The molecule has 728 valence electrons. The van der Waals surface area contributed by atoms with Gasteiger partial charge >= 0.3 is 124 Å². The molecule has 0 saturated heterocycles. The summed E-state index contributed by atoms with van der Waals surface area (Å²) in [6.07, 6.45) is -12.2. The Morgan fingerprint density at radius 2 is 0.500 bits per heavy atom. The monoisotopic (exact) mass is 1980 g/mol. The number of phenols is 4. The van der Waals surface area contributed by atoms with Crippen molar-refractivity contribution in [2.75, 3.05) is 24.7 Å². The number of rotatable bonds is 34. The van der Waals surface area contributed by atoms with Gasteiger partial charge in [-0.05, 0) is 218 Å². The smallest absolute Gasteiger partial charge is 0.545 e. The molecule has 44 heteroatoms. The fraction of sp³-hybridized carbons (Fsp3) is 0.137. The van der Waals surface area contributed by atoms with Gasteiger partial charge in [0.1, 0.15) is 56.8 Å². The van der Waals surface area contributed by atoms with Crippen LogP contribution in [0, 0.1) is 13.8 Å². The zero-order valence-corrected chi connectivity index (χ0v) is 78.5. The maximum Gasteiger partial charge on any atom is 1.00 e. The van der Waals surface area contributed by atoms with Crippen molar-refractivity contribution in [1.82, 2.24) is 10.6 Å². The number of phenolic OH excluding ortho intramolecular Hbond substituents is 4. The second-order valence-corrected chi connectivity index (χ2v) is 32.1. The quantitative estimate of drug-likeness (QED) is 0.0156. The Labute approximate surface area is 870 Å². The van der Waals surface area contributed by atoms with Gasteiger partial charge in [-0.1, -0.05) is 72.8 Å². The molecule has 4 amide bonds. The number of nitrogens with one attached hydrogen (secondary N) is 4. The molecule has 0 aromatic heterocycles. The number of ether oxygens (including phenoxy) is 2. The maximum atomic E-state index is 14.7. The fourth-order valence-electron chi connectivity index (χ4n) is 14.9. The summed E-state index contributed by atoms with van der Waals surface area (Å²) in [4.78, 5) is 202. The summed E-state index contributed by atoms with van der Waals surface area (Å²) in [5.74, 6) is -22.8. The number of hydrogen-bond acceptors (Lipinski definition) is 24. The fourth-order valence-corrected chi connectivity index (χ4v) is 14.9. The minimum Gasteiger partial charge on any atom is -0.545 e. The summed E-state index contributed by atoms with van der Waals surface area (Å²) in [5, 5.41) is 134. The van der Waals surface area contributed by atoms with Crippen LogP contribution in [0.15, 0.2) is 218 Å². The Balaban J connectivity index is 0.000000385. The molecule has 0 radical (unpaired) electrons. The largest absolute Gasteiger partial charge is 1.00 e. The normalized spacial score (nSPS) is 11.6. The molecule has 12 aromatic rings. The van der Waals surface area contributed by atoms with Crippen molar-refractivity contribution in [3.8, 4) is 46.0 Å². The SMILES string of the molecule is CNC(=O)c1cc(C(=O)Cc2ccc(Oc3ccc(NC(=O)c4cc(C(=O)Cc5ccc(C(C)(c6ccc(C)c(O)c6)C(F)(F)F)cc5O)c(C(=O)O)cc4C(=O)O)cc3)cc2)c(C(=O)O)cc1C(=O)O.CNC(=O)c1cc(C(=O)Cc2ccc(Oc3ccc(NC(=O)c4cc(C(=O)Cc5ccc(C(C)(c6ccc(C)c(O)c6)C(F)(F)F)cc5O)c(C(=O)[O-])cc4C(=O)O)cc3)cc2)c(C(=O)[O-])cc1C(=O)O.[Li+].[Li+].[Li+].[Li+]. The molecule has 0 heterocycles. The van der Waals surface area contributed by atoms with Gasteiger partial charge in [-0.25, -0.2) is 28.8 Å². The van der Waals surface area contributed by atoms with E-state index in [2.05, 4.69) is 21.3 Å². The van der Waals surface area contributed by atoms with Gasteiger partial charge in [-0.15, -0.1) is 0 Å². The third-order valence-electron chi connectivity index (χ3n) is 23.1. The topological polar surface area (TPSA) is 588 Å².